The topological polar surface area (TPSA) is 40.5 Å². The molecule has 2 N–H and O–H groups in total. The van der Waals surface area contributed by atoms with Crippen LogP contribution < -0.4 is 0 Å². The van der Waals surface area contributed by atoms with E-state index in [9.17, 15) is 10.2 Å². The molecular weight excluding hydrogens is 284 g/mol. The lowest BCUT2D eigenvalue weighted by molar-refractivity contribution is -0.180. The van der Waals surface area contributed by atoms with Gasteiger partial charge in [-0.05, 0) is 91.3 Å². The van der Waals surface area contributed by atoms with Crippen molar-refractivity contribution in [2.75, 3.05) is 0 Å². The highest BCUT2D eigenvalue weighted by Crippen LogP contribution is 2.68. The standard InChI is InChI=1S/C21H36O2/c1-19(2)16-7-5-13-14-6-8-18(23)21(14,4)11-9-15(13)20(16,3)12-10-17(19)22/h13-18,22-23H,5-12H2,1-4H3/t13-,14-,15-,16-,17-,18-,20+,21-/m0/s1. The van der Waals surface area contributed by atoms with Gasteiger partial charge in [0, 0.05) is 0 Å². The minimum atomic E-state index is -0.126. The predicted molar refractivity (Wildman–Crippen MR) is 92.9 cm³/mol. The molecule has 0 heterocycles. The third-order valence-corrected chi connectivity index (χ3v) is 9.53. The zero-order valence-electron chi connectivity index (χ0n) is 15.5. The first-order chi connectivity index (χ1) is 10.7. The second kappa shape index (κ2) is 4.97. The molecule has 0 radical (unpaired) electrons. The van der Waals surface area contributed by atoms with E-state index in [4.69, 9.17) is 0 Å². The van der Waals surface area contributed by atoms with Crippen LogP contribution in [0.2, 0.25) is 0 Å². The smallest absolute Gasteiger partial charge is 0.0596 e. The van der Waals surface area contributed by atoms with Gasteiger partial charge in [-0.15, -0.1) is 0 Å². The van der Waals surface area contributed by atoms with Crippen molar-refractivity contribution in [3.8, 4) is 0 Å². The minimum Gasteiger partial charge on any atom is -0.393 e. The third kappa shape index (κ3) is 2.00. The van der Waals surface area contributed by atoms with E-state index in [1.807, 2.05) is 0 Å². The van der Waals surface area contributed by atoms with Gasteiger partial charge in [-0.3, -0.25) is 0 Å². The lowest BCUT2D eigenvalue weighted by Crippen LogP contribution is -2.59. The fraction of sp³-hybridized carbons (Fsp3) is 1.00. The Bertz CT molecular complexity index is 486. The number of rotatable bonds is 0. The van der Waals surface area contributed by atoms with Crippen molar-refractivity contribution in [2.24, 2.45) is 39.9 Å². The first-order valence-corrected chi connectivity index (χ1v) is 10.1. The Labute approximate surface area is 142 Å². The SMILES string of the molecule is CC1(C)[C@@H](O)CC[C@]2(C)[C@H]3CC[C@]4(C)[C@@H](O)CC[C@H]4[C@@H]3CC[C@@H]12. The van der Waals surface area contributed by atoms with Crippen molar-refractivity contribution < 1.29 is 10.2 Å². The van der Waals surface area contributed by atoms with Crippen LogP contribution >= 0.6 is 0 Å². The Kier molecular flexibility index (Phi) is 3.54. The summed E-state index contributed by atoms with van der Waals surface area (Å²) in [5.74, 6) is 3.04. The first kappa shape index (κ1) is 16.4. The summed E-state index contributed by atoms with van der Waals surface area (Å²) in [5, 5.41) is 21.1. The Balaban J connectivity index is 1.67. The van der Waals surface area contributed by atoms with Crippen molar-refractivity contribution in [3.63, 3.8) is 0 Å². The van der Waals surface area contributed by atoms with Crippen LogP contribution in [0.1, 0.15) is 79.1 Å². The minimum absolute atomic E-state index is 0.0634. The van der Waals surface area contributed by atoms with E-state index in [2.05, 4.69) is 27.7 Å². The first-order valence-electron chi connectivity index (χ1n) is 10.1. The fourth-order valence-electron chi connectivity index (χ4n) is 8.06. The maximum absolute atomic E-state index is 10.6. The highest BCUT2D eigenvalue weighted by Gasteiger charge is 2.62. The van der Waals surface area contributed by atoms with Crippen LogP contribution in [0.3, 0.4) is 0 Å². The van der Waals surface area contributed by atoms with Crippen molar-refractivity contribution >= 4 is 0 Å². The van der Waals surface area contributed by atoms with E-state index < -0.39 is 0 Å². The van der Waals surface area contributed by atoms with Crippen molar-refractivity contribution in [1.29, 1.82) is 0 Å². The molecule has 2 heteroatoms. The highest BCUT2D eigenvalue weighted by molar-refractivity contribution is 5.12. The molecular formula is C21H36O2. The molecule has 0 unspecified atom stereocenters. The van der Waals surface area contributed by atoms with Gasteiger partial charge in [0.15, 0.2) is 0 Å². The summed E-state index contributed by atoms with van der Waals surface area (Å²) in [6.07, 6.45) is 9.38. The number of aliphatic hydroxyl groups excluding tert-OH is 2. The number of hydrogen-bond acceptors (Lipinski definition) is 2. The number of fused-ring (bicyclic) bond motifs is 5. The molecule has 8 atom stereocenters. The van der Waals surface area contributed by atoms with Crippen molar-refractivity contribution in [3.05, 3.63) is 0 Å². The fourth-order valence-corrected chi connectivity index (χ4v) is 8.06. The van der Waals surface area contributed by atoms with Crippen LogP contribution in [0, 0.1) is 39.9 Å². The molecule has 2 nitrogen and oxygen atoms in total. The maximum atomic E-state index is 10.6. The van der Waals surface area contributed by atoms with Crippen LogP contribution in [0.25, 0.3) is 0 Å². The molecule has 23 heavy (non-hydrogen) atoms. The summed E-state index contributed by atoms with van der Waals surface area (Å²) in [5.41, 5.74) is 0.655. The molecule has 4 rings (SSSR count). The van der Waals surface area contributed by atoms with E-state index >= 15 is 0 Å². The number of hydrogen-bond donors (Lipinski definition) is 2. The van der Waals surface area contributed by atoms with Crippen molar-refractivity contribution in [2.45, 2.75) is 91.3 Å². The van der Waals surface area contributed by atoms with Gasteiger partial charge in [-0.2, -0.15) is 0 Å². The van der Waals surface area contributed by atoms with E-state index in [0.29, 0.717) is 11.3 Å². The van der Waals surface area contributed by atoms with E-state index in [0.717, 1.165) is 30.6 Å². The molecule has 0 spiro atoms. The molecule has 0 aliphatic heterocycles. The molecule has 0 aromatic heterocycles. The van der Waals surface area contributed by atoms with Gasteiger partial charge < -0.3 is 10.2 Å². The van der Waals surface area contributed by atoms with Crippen LogP contribution in [0.4, 0.5) is 0 Å². The van der Waals surface area contributed by atoms with Gasteiger partial charge in [-0.25, -0.2) is 0 Å². The molecule has 4 saturated carbocycles. The van der Waals surface area contributed by atoms with E-state index in [1.54, 1.807) is 0 Å². The number of aliphatic hydroxyl groups is 2. The Hall–Kier alpha value is -0.0800. The average Bonchev–Trinajstić information content (AvgIpc) is 2.79. The van der Waals surface area contributed by atoms with Crippen LogP contribution in [-0.2, 0) is 0 Å². The lowest BCUT2D eigenvalue weighted by atomic mass is 9.41. The molecule has 0 aromatic rings. The van der Waals surface area contributed by atoms with Gasteiger partial charge in [0.25, 0.3) is 0 Å². The van der Waals surface area contributed by atoms with Crippen LogP contribution in [0.15, 0.2) is 0 Å². The van der Waals surface area contributed by atoms with E-state index in [-0.39, 0.29) is 23.0 Å². The van der Waals surface area contributed by atoms with E-state index in [1.165, 1.54) is 38.5 Å². The molecule has 0 saturated heterocycles. The summed E-state index contributed by atoms with van der Waals surface area (Å²) in [6.45, 7) is 9.55. The average molecular weight is 321 g/mol. The zero-order valence-corrected chi connectivity index (χ0v) is 15.5. The second-order valence-corrected chi connectivity index (χ2v) is 10.5. The van der Waals surface area contributed by atoms with Gasteiger partial charge in [0.2, 0.25) is 0 Å². The highest BCUT2D eigenvalue weighted by atomic mass is 16.3. The summed E-state index contributed by atoms with van der Waals surface area (Å²) in [4.78, 5) is 0. The predicted octanol–water partition coefficient (Wildman–Crippen LogP) is 4.39. The Morgan fingerprint density at radius 3 is 2.04 bits per heavy atom. The molecule has 0 bridgehead atoms. The molecule has 4 aliphatic rings. The zero-order chi connectivity index (χ0) is 16.6. The summed E-state index contributed by atoms with van der Waals surface area (Å²) in [6, 6.07) is 0. The normalized spacial score (nSPS) is 58.2. The quantitative estimate of drug-likeness (QED) is 0.695. The van der Waals surface area contributed by atoms with Crippen LogP contribution in [0.5, 0.6) is 0 Å². The summed E-state index contributed by atoms with van der Waals surface area (Å²) >= 11 is 0. The largest absolute Gasteiger partial charge is 0.393 e. The Morgan fingerprint density at radius 2 is 1.30 bits per heavy atom. The summed E-state index contributed by atoms with van der Waals surface area (Å²) in [7, 11) is 0. The lowest BCUT2D eigenvalue weighted by Gasteiger charge is -2.64. The van der Waals surface area contributed by atoms with Crippen molar-refractivity contribution in [1.82, 2.24) is 0 Å². The van der Waals surface area contributed by atoms with Gasteiger partial charge in [0.05, 0.1) is 12.2 Å². The molecule has 4 fully saturated rings. The van der Waals surface area contributed by atoms with Gasteiger partial charge >= 0.3 is 0 Å². The molecule has 4 aliphatic carbocycles. The summed E-state index contributed by atoms with van der Waals surface area (Å²) < 4.78 is 0. The Morgan fingerprint density at radius 1 is 0.652 bits per heavy atom. The van der Waals surface area contributed by atoms with Crippen LogP contribution in [-0.4, -0.2) is 22.4 Å². The monoisotopic (exact) mass is 320 g/mol. The molecule has 0 aromatic carbocycles. The third-order valence-electron chi connectivity index (χ3n) is 9.53. The second-order valence-electron chi connectivity index (χ2n) is 10.5. The van der Waals surface area contributed by atoms with Gasteiger partial charge in [-0.1, -0.05) is 27.7 Å². The molecule has 132 valence electrons. The van der Waals surface area contributed by atoms with Gasteiger partial charge in [0.1, 0.15) is 0 Å². The molecule has 0 amide bonds. The maximum Gasteiger partial charge on any atom is 0.0596 e.